The van der Waals surface area contributed by atoms with Crippen LogP contribution in [0.5, 0.6) is 0 Å². The molecule has 0 bridgehead atoms. The van der Waals surface area contributed by atoms with Crippen molar-refractivity contribution < 1.29 is 0 Å². The molecular formula is C9H5Cl2NO. The maximum absolute atomic E-state index is 9.88. The van der Waals surface area contributed by atoms with Crippen LogP contribution < -0.4 is 0 Å². The summed E-state index contributed by atoms with van der Waals surface area (Å²) in [6.45, 7) is 0. The summed E-state index contributed by atoms with van der Waals surface area (Å²) in [5.74, 6) is 5.13. The lowest BCUT2D eigenvalue weighted by molar-refractivity contribution is 1.16. The van der Waals surface area contributed by atoms with Crippen molar-refractivity contribution in [3.8, 4) is 11.8 Å². The topological polar surface area (TPSA) is 29.4 Å². The van der Waals surface area contributed by atoms with Crippen LogP contribution >= 0.6 is 23.2 Å². The van der Waals surface area contributed by atoms with Gasteiger partial charge in [0, 0.05) is 10.6 Å². The molecule has 0 aliphatic carbocycles. The van der Waals surface area contributed by atoms with Crippen molar-refractivity contribution in [2.75, 3.05) is 0 Å². The van der Waals surface area contributed by atoms with Gasteiger partial charge in [-0.15, -0.1) is 4.91 Å². The second-order valence-electron chi connectivity index (χ2n) is 2.22. The van der Waals surface area contributed by atoms with E-state index in [1.807, 2.05) is 0 Å². The van der Waals surface area contributed by atoms with Crippen molar-refractivity contribution in [1.82, 2.24) is 0 Å². The molecule has 0 fully saturated rings. The number of nitroso groups, excluding NO2 is 1. The molecule has 0 aliphatic rings. The molecule has 1 aromatic carbocycles. The first-order valence-electron chi connectivity index (χ1n) is 3.46. The number of halogens is 2. The molecule has 4 heteroatoms. The summed E-state index contributed by atoms with van der Waals surface area (Å²) in [5.41, 5.74) is -0.291. The third kappa shape index (κ3) is 3.45. The van der Waals surface area contributed by atoms with Gasteiger partial charge in [-0.1, -0.05) is 41.1 Å². The zero-order chi connectivity index (χ0) is 9.68. The zero-order valence-electron chi connectivity index (χ0n) is 6.50. The Labute approximate surface area is 85.8 Å². The Morgan fingerprint density at radius 1 is 1.46 bits per heavy atom. The van der Waals surface area contributed by atoms with Crippen molar-refractivity contribution in [2.24, 2.45) is 5.18 Å². The van der Waals surface area contributed by atoms with Crippen LogP contribution in [0.25, 0.3) is 0 Å². The molecule has 0 saturated carbocycles. The molecular weight excluding hydrogens is 209 g/mol. The number of hydrogen-bond donors (Lipinski definition) is 0. The first kappa shape index (κ1) is 10.0. The lowest BCUT2D eigenvalue weighted by atomic mass is 10.2. The quantitative estimate of drug-likeness (QED) is 0.305. The molecule has 1 aromatic rings. The van der Waals surface area contributed by atoms with Crippen LogP contribution in [-0.4, -0.2) is 5.50 Å². The molecule has 0 aliphatic heterocycles. The molecule has 0 heterocycles. The molecule has 2 nitrogen and oxygen atoms in total. The highest BCUT2D eigenvalue weighted by atomic mass is 35.5. The molecule has 0 spiro atoms. The predicted molar refractivity (Wildman–Crippen MR) is 53.8 cm³/mol. The van der Waals surface area contributed by atoms with E-state index >= 15 is 0 Å². The fourth-order valence-corrected chi connectivity index (χ4v) is 0.980. The van der Waals surface area contributed by atoms with Crippen LogP contribution in [-0.2, 0) is 0 Å². The van der Waals surface area contributed by atoms with E-state index in [9.17, 15) is 4.91 Å². The molecule has 1 unspecified atom stereocenters. The SMILES string of the molecule is O=NC(Cl)C#Cc1cccc(Cl)c1. The van der Waals surface area contributed by atoms with Gasteiger partial charge in [0.25, 0.3) is 0 Å². The lowest BCUT2D eigenvalue weighted by Gasteiger charge is -1.90. The first-order chi connectivity index (χ1) is 6.22. The average Bonchev–Trinajstić information content (AvgIpc) is 2.14. The van der Waals surface area contributed by atoms with Crippen LogP contribution in [0.1, 0.15) is 5.56 Å². The minimum atomic E-state index is -1.00. The Kier molecular flexibility index (Phi) is 3.75. The molecule has 0 saturated heterocycles. The fraction of sp³-hybridized carbons (Fsp3) is 0.111. The highest BCUT2D eigenvalue weighted by Gasteiger charge is 1.94. The summed E-state index contributed by atoms with van der Waals surface area (Å²) in [7, 11) is 0. The number of benzene rings is 1. The minimum Gasteiger partial charge on any atom is -0.148 e. The monoisotopic (exact) mass is 213 g/mol. The van der Waals surface area contributed by atoms with Gasteiger partial charge in [-0.2, -0.15) is 0 Å². The van der Waals surface area contributed by atoms with Gasteiger partial charge >= 0.3 is 0 Å². The molecule has 66 valence electrons. The van der Waals surface area contributed by atoms with Crippen molar-refractivity contribution in [3.63, 3.8) is 0 Å². The standard InChI is InChI=1S/C9H5Cl2NO/c10-8-3-1-2-7(6-8)4-5-9(11)12-13/h1-3,6,9H. The van der Waals surface area contributed by atoms with Crippen LogP contribution in [0.2, 0.25) is 5.02 Å². The van der Waals surface area contributed by atoms with Crippen LogP contribution in [0.4, 0.5) is 0 Å². The van der Waals surface area contributed by atoms with E-state index < -0.39 is 5.50 Å². The Morgan fingerprint density at radius 3 is 2.85 bits per heavy atom. The van der Waals surface area contributed by atoms with Gasteiger partial charge in [0.15, 0.2) is 0 Å². The third-order valence-corrected chi connectivity index (χ3v) is 1.68. The molecule has 0 amide bonds. The number of rotatable bonds is 1. The van der Waals surface area contributed by atoms with Crippen molar-refractivity contribution >= 4 is 23.2 Å². The van der Waals surface area contributed by atoms with Gasteiger partial charge < -0.3 is 0 Å². The van der Waals surface area contributed by atoms with Gasteiger partial charge in [0.1, 0.15) is 0 Å². The fourth-order valence-electron chi connectivity index (χ4n) is 0.735. The van der Waals surface area contributed by atoms with E-state index in [0.29, 0.717) is 10.6 Å². The lowest BCUT2D eigenvalue weighted by Crippen LogP contribution is -1.84. The normalized spacial score (nSPS) is 11.2. The van der Waals surface area contributed by atoms with E-state index in [0.717, 1.165) is 0 Å². The van der Waals surface area contributed by atoms with Gasteiger partial charge in [-0.05, 0) is 23.4 Å². The van der Waals surface area contributed by atoms with Crippen LogP contribution in [0.3, 0.4) is 0 Å². The van der Waals surface area contributed by atoms with E-state index in [4.69, 9.17) is 23.2 Å². The highest BCUT2D eigenvalue weighted by Crippen LogP contribution is 2.09. The summed E-state index contributed by atoms with van der Waals surface area (Å²) in [4.78, 5) is 9.88. The van der Waals surface area contributed by atoms with Gasteiger partial charge in [-0.3, -0.25) is 0 Å². The highest BCUT2D eigenvalue weighted by molar-refractivity contribution is 6.30. The summed E-state index contributed by atoms with van der Waals surface area (Å²) in [6, 6.07) is 6.96. The van der Waals surface area contributed by atoms with Gasteiger partial charge in [0.2, 0.25) is 5.50 Å². The van der Waals surface area contributed by atoms with E-state index in [-0.39, 0.29) is 0 Å². The maximum atomic E-state index is 9.88. The van der Waals surface area contributed by atoms with Crippen molar-refractivity contribution in [2.45, 2.75) is 5.50 Å². The smallest absolute Gasteiger partial charge is 0.148 e. The van der Waals surface area contributed by atoms with Crippen LogP contribution in [0, 0.1) is 16.7 Å². The minimum absolute atomic E-state index is 0.594. The molecule has 0 radical (unpaired) electrons. The van der Waals surface area contributed by atoms with E-state index in [1.54, 1.807) is 24.3 Å². The predicted octanol–water partition coefficient (Wildman–Crippen LogP) is 3.02. The van der Waals surface area contributed by atoms with E-state index in [2.05, 4.69) is 17.0 Å². The van der Waals surface area contributed by atoms with Crippen LogP contribution in [0.15, 0.2) is 29.4 Å². The average molecular weight is 214 g/mol. The van der Waals surface area contributed by atoms with Crippen molar-refractivity contribution in [1.29, 1.82) is 0 Å². The molecule has 0 aromatic heterocycles. The number of hydrogen-bond acceptors (Lipinski definition) is 2. The largest absolute Gasteiger partial charge is 0.225 e. The summed E-state index contributed by atoms with van der Waals surface area (Å²) < 4.78 is 0. The Balaban J connectivity index is 2.83. The maximum Gasteiger partial charge on any atom is 0.225 e. The molecule has 1 rings (SSSR count). The Hall–Kier alpha value is -1.04. The Morgan fingerprint density at radius 2 is 2.23 bits per heavy atom. The summed E-state index contributed by atoms with van der Waals surface area (Å²) in [5, 5.41) is 3.13. The zero-order valence-corrected chi connectivity index (χ0v) is 8.01. The third-order valence-electron chi connectivity index (χ3n) is 1.25. The molecule has 13 heavy (non-hydrogen) atoms. The summed E-state index contributed by atoms with van der Waals surface area (Å²) >= 11 is 11.1. The van der Waals surface area contributed by atoms with E-state index in [1.165, 1.54) is 0 Å². The Bertz CT molecular complexity index is 367. The second kappa shape index (κ2) is 4.86. The van der Waals surface area contributed by atoms with Gasteiger partial charge in [0.05, 0.1) is 0 Å². The van der Waals surface area contributed by atoms with Crippen molar-refractivity contribution in [3.05, 3.63) is 39.8 Å². The molecule has 1 atom stereocenters. The number of nitrogens with zero attached hydrogens (tertiary/aromatic N) is 1. The summed E-state index contributed by atoms with van der Waals surface area (Å²) in [6.07, 6.45) is 0. The first-order valence-corrected chi connectivity index (χ1v) is 4.27. The number of alkyl halides is 1. The second-order valence-corrected chi connectivity index (χ2v) is 3.07. The van der Waals surface area contributed by atoms with Gasteiger partial charge in [-0.25, -0.2) is 0 Å². The molecule has 0 N–H and O–H groups in total.